The highest BCUT2D eigenvalue weighted by Crippen LogP contribution is 2.42. The van der Waals surface area contributed by atoms with E-state index in [2.05, 4.69) is 0 Å². The van der Waals surface area contributed by atoms with Gasteiger partial charge in [0.1, 0.15) is 5.82 Å². The fourth-order valence-corrected chi connectivity index (χ4v) is 2.20. The second kappa shape index (κ2) is 4.90. The molecule has 0 saturated carbocycles. The number of rotatable bonds is 3. The average molecular weight is 259 g/mol. The summed E-state index contributed by atoms with van der Waals surface area (Å²) < 4.78 is 47.4. The summed E-state index contributed by atoms with van der Waals surface area (Å²) >= 11 is 0. The lowest BCUT2D eigenvalue weighted by Crippen LogP contribution is -2.28. The van der Waals surface area contributed by atoms with E-state index in [4.69, 9.17) is 10.5 Å². The average Bonchev–Trinajstić information content (AvgIpc) is 2.82. The Morgan fingerprint density at radius 1 is 1.44 bits per heavy atom. The molecule has 18 heavy (non-hydrogen) atoms. The second-order valence-corrected chi connectivity index (χ2v) is 4.68. The van der Waals surface area contributed by atoms with E-state index in [0.29, 0.717) is 6.61 Å². The first-order chi connectivity index (χ1) is 8.44. The number of nitrogens with two attached hydrogens (primary N) is 1. The van der Waals surface area contributed by atoms with E-state index in [1.54, 1.807) is 6.92 Å². The largest absolute Gasteiger partial charge is 0.381 e. The van der Waals surface area contributed by atoms with Crippen molar-refractivity contribution in [3.05, 3.63) is 35.1 Å². The molecule has 0 radical (unpaired) electrons. The van der Waals surface area contributed by atoms with Gasteiger partial charge in [0.25, 0.3) is 5.92 Å². The molecule has 1 saturated heterocycles. The predicted molar refractivity (Wildman–Crippen MR) is 61.8 cm³/mol. The molecule has 1 heterocycles. The smallest absolute Gasteiger partial charge is 0.281 e. The molecule has 0 aromatic heterocycles. The van der Waals surface area contributed by atoms with Crippen LogP contribution in [-0.4, -0.2) is 13.2 Å². The zero-order valence-corrected chi connectivity index (χ0v) is 10.1. The van der Waals surface area contributed by atoms with Crippen molar-refractivity contribution in [2.24, 2.45) is 11.7 Å². The lowest BCUT2D eigenvalue weighted by molar-refractivity contribution is -0.0691. The molecule has 0 bridgehead atoms. The Hall–Kier alpha value is -1.07. The summed E-state index contributed by atoms with van der Waals surface area (Å²) in [5.74, 6) is -5.08. The summed E-state index contributed by atoms with van der Waals surface area (Å²) in [7, 11) is 0. The van der Waals surface area contributed by atoms with E-state index in [9.17, 15) is 13.2 Å². The maximum Gasteiger partial charge on any atom is 0.281 e. The number of ether oxygens (including phenoxy) is 1. The van der Waals surface area contributed by atoms with Gasteiger partial charge in [0.05, 0.1) is 18.1 Å². The topological polar surface area (TPSA) is 35.2 Å². The first-order valence-electron chi connectivity index (χ1n) is 5.94. The van der Waals surface area contributed by atoms with Gasteiger partial charge in [-0.3, -0.25) is 0 Å². The molecule has 100 valence electrons. The first kappa shape index (κ1) is 13.4. The molecular weight excluding hydrogens is 243 g/mol. The quantitative estimate of drug-likeness (QED) is 0.905. The first-order valence-corrected chi connectivity index (χ1v) is 5.94. The summed E-state index contributed by atoms with van der Waals surface area (Å²) in [5.41, 5.74) is 5.11. The van der Waals surface area contributed by atoms with Crippen molar-refractivity contribution in [2.45, 2.75) is 25.3 Å². The van der Waals surface area contributed by atoms with Crippen molar-refractivity contribution in [3.8, 4) is 0 Å². The molecule has 0 aliphatic carbocycles. The van der Waals surface area contributed by atoms with Gasteiger partial charge in [-0.15, -0.1) is 0 Å². The highest BCUT2D eigenvalue weighted by molar-refractivity contribution is 5.31. The van der Waals surface area contributed by atoms with Gasteiger partial charge >= 0.3 is 0 Å². The fraction of sp³-hybridized carbons (Fsp3) is 0.538. The number of halogens is 3. The van der Waals surface area contributed by atoms with E-state index >= 15 is 0 Å². The Labute approximate surface area is 104 Å². The molecule has 2 rings (SSSR count). The van der Waals surface area contributed by atoms with E-state index < -0.39 is 29.3 Å². The monoisotopic (exact) mass is 259 g/mol. The molecule has 1 aliphatic heterocycles. The summed E-state index contributed by atoms with van der Waals surface area (Å²) in [6, 6.07) is 3.37. The normalized spacial score (nSPS) is 22.2. The van der Waals surface area contributed by atoms with Gasteiger partial charge in [0.15, 0.2) is 0 Å². The Balaban J connectivity index is 2.40. The van der Waals surface area contributed by atoms with Crippen LogP contribution >= 0.6 is 0 Å². The van der Waals surface area contributed by atoms with Crippen molar-refractivity contribution in [1.29, 1.82) is 0 Å². The minimum Gasteiger partial charge on any atom is -0.381 e. The molecule has 2 atom stereocenters. The van der Waals surface area contributed by atoms with Crippen molar-refractivity contribution in [3.63, 3.8) is 0 Å². The van der Waals surface area contributed by atoms with Gasteiger partial charge in [-0.2, -0.15) is 0 Å². The Bertz CT molecular complexity index is 428. The van der Waals surface area contributed by atoms with Gasteiger partial charge < -0.3 is 10.5 Å². The van der Waals surface area contributed by atoms with Crippen molar-refractivity contribution in [1.82, 2.24) is 0 Å². The molecule has 1 aromatic rings. The lowest BCUT2D eigenvalue weighted by Gasteiger charge is -2.24. The van der Waals surface area contributed by atoms with Gasteiger partial charge in [-0.25, -0.2) is 13.2 Å². The number of hydrogen-bond donors (Lipinski definition) is 1. The van der Waals surface area contributed by atoms with Crippen LogP contribution in [0.2, 0.25) is 0 Å². The van der Waals surface area contributed by atoms with Crippen LogP contribution in [0.1, 0.15) is 30.5 Å². The van der Waals surface area contributed by atoms with Crippen LogP contribution < -0.4 is 5.73 Å². The third-order valence-corrected chi connectivity index (χ3v) is 3.32. The molecule has 1 aliphatic rings. The van der Waals surface area contributed by atoms with Crippen LogP contribution in [0.3, 0.4) is 0 Å². The molecular formula is C13H16F3NO. The van der Waals surface area contributed by atoms with E-state index in [-0.39, 0.29) is 18.6 Å². The highest BCUT2D eigenvalue weighted by atomic mass is 19.3. The molecule has 1 unspecified atom stereocenters. The molecule has 0 amide bonds. The van der Waals surface area contributed by atoms with Crippen LogP contribution in [0, 0.1) is 11.7 Å². The molecule has 2 nitrogen and oxygen atoms in total. The van der Waals surface area contributed by atoms with Crippen LogP contribution in [0.4, 0.5) is 13.2 Å². The van der Waals surface area contributed by atoms with E-state index in [0.717, 1.165) is 6.07 Å². The summed E-state index contributed by atoms with van der Waals surface area (Å²) in [6.45, 7) is 1.84. The summed E-state index contributed by atoms with van der Waals surface area (Å²) in [5, 5.41) is 0. The SMILES string of the molecule is C[C@@H](N)c1cccc(C(F)(F)C2CCOC2)c1F. The van der Waals surface area contributed by atoms with Crippen LogP contribution in [0.25, 0.3) is 0 Å². The van der Waals surface area contributed by atoms with E-state index in [1.165, 1.54) is 12.1 Å². The zero-order chi connectivity index (χ0) is 13.3. The van der Waals surface area contributed by atoms with Gasteiger partial charge in [-0.05, 0) is 13.3 Å². The summed E-state index contributed by atoms with van der Waals surface area (Å²) in [4.78, 5) is 0. The maximum atomic E-state index is 14.2. The minimum atomic E-state index is -3.22. The number of benzene rings is 1. The number of hydrogen-bond acceptors (Lipinski definition) is 2. The summed E-state index contributed by atoms with van der Waals surface area (Å²) in [6.07, 6.45) is 0.245. The van der Waals surface area contributed by atoms with Crippen molar-refractivity contribution >= 4 is 0 Å². The molecule has 0 spiro atoms. The van der Waals surface area contributed by atoms with Crippen LogP contribution in [-0.2, 0) is 10.7 Å². The van der Waals surface area contributed by atoms with Crippen LogP contribution in [0.15, 0.2) is 18.2 Å². The van der Waals surface area contributed by atoms with Gasteiger partial charge in [-0.1, -0.05) is 18.2 Å². The zero-order valence-electron chi connectivity index (χ0n) is 10.1. The third-order valence-electron chi connectivity index (χ3n) is 3.32. The predicted octanol–water partition coefficient (Wildman–Crippen LogP) is 2.97. The van der Waals surface area contributed by atoms with Crippen LogP contribution in [0.5, 0.6) is 0 Å². The fourth-order valence-electron chi connectivity index (χ4n) is 2.20. The minimum absolute atomic E-state index is 0.0329. The Morgan fingerprint density at radius 3 is 2.72 bits per heavy atom. The second-order valence-electron chi connectivity index (χ2n) is 4.68. The molecule has 2 N–H and O–H groups in total. The third kappa shape index (κ3) is 2.24. The lowest BCUT2D eigenvalue weighted by atomic mass is 9.91. The van der Waals surface area contributed by atoms with Gasteiger partial charge in [0, 0.05) is 18.2 Å². The van der Waals surface area contributed by atoms with Gasteiger partial charge in [0.2, 0.25) is 0 Å². The van der Waals surface area contributed by atoms with Crippen molar-refractivity contribution < 1.29 is 17.9 Å². The Morgan fingerprint density at radius 2 is 2.17 bits per heavy atom. The number of alkyl halides is 2. The van der Waals surface area contributed by atoms with Crippen molar-refractivity contribution in [2.75, 3.05) is 13.2 Å². The van der Waals surface area contributed by atoms with E-state index in [1.807, 2.05) is 0 Å². The maximum absolute atomic E-state index is 14.2. The standard InChI is InChI=1S/C13H16F3NO/c1-8(17)10-3-2-4-11(12(10)14)13(15,16)9-5-6-18-7-9/h2-4,8-9H,5-7,17H2,1H3/t8-,9?/m1/s1. The highest BCUT2D eigenvalue weighted by Gasteiger charge is 2.45. The molecule has 1 fully saturated rings. The Kier molecular flexibility index (Phi) is 3.64. The molecule has 5 heteroatoms. The molecule has 1 aromatic carbocycles.